The molecule has 6 aromatic carbocycles. The molecular formula is C36H24Br2. The summed E-state index contributed by atoms with van der Waals surface area (Å²) in [4.78, 5) is 0. The maximum absolute atomic E-state index is 4.16. The standard InChI is InChI=1S/C36H24Br2/c37-33-29-23-13-14-24-30(29)34(38)32-31(33)35(25-15-5-1-6-16-25,26-17-7-2-8-18-26)36(32,27-19-9-3-10-20-27)28-21-11-4-12-22-28/h1-24H. The highest BCUT2D eigenvalue weighted by Crippen LogP contribution is 2.72. The molecule has 0 atom stereocenters. The quantitative estimate of drug-likeness (QED) is 0.185. The molecule has 1 aliphatic rings. The summed E-state index contributed by atoms with van der Waals surface area (Å²) in [5.74, 6) is 0. The Morgan fingerprint density at radius 1 is 0.316 bits per heavy atom. The van der Waals surface area contributed by atoms with Gasteiger partial charge in [-0.3, -0.25) is 0 Å². The van der Waals surface area contributed by atoms with Crippen LogP contribution in [0.25, 0.3) is 10.8 Å². The van der Waals surface area contributed by atoms with Gasteiger partial charge in [0.1, 0.15) is 0 Å². The lowest BCUT2D eigenvalue weighted by molar-refractivity contribution is 0.349. The van der Waals surface area contributed by atoms with Crippen LogP contribution in [0.3, 0.4) is 0 Å². The molecular weight excluding hydrogens is 592 g/mol. The van der Waals surface area contributed by atoms with Crippen molar-refractivity contribution in [2.24, 2.45) is 0 Å². The topological polar surface area (TPSA) is 0 Å². The van der Waals surface area contributed by atoms with E-state index in [0.717, 1.165) is 8.95 Å². The molecule has 1 aliphatic carbocycles. The second-order valence-corrected chi connectivity index (χ2v) is 11.5. The van der Waals surface area contributed by atoms with Gasteiger partial charge in [-0.05, 0) is 76.0 Å². The van der Waals surface area contributed by atoms with E-state index in [9.17, 15) is 0 Å². The van der Waals surface area contributed by atoms with Crippen molar-refractivity contribution in [3.05, 3.63) is 188 Å². The van der Waals surface area contributed by atoms with Crippen molar-refractivity contribution >= 4 is 42.6 Å². The maximum Gasteiger partial charge on any atom is 0.0644 e. The van der Waals surface area contributed by atoms with Crippen molar-refractivity contribution in [3.63, 3.8) is 0 Å². The number of hydrogen-bond acceptors (Lipinski definition) is 0. The van der Waals surface area contributed by atoms with Crippen LogP contribution in [0, 0.1) is 0 Å². The Hall–Kier alpha value is -3.46. The number of hydrogen-bond donors (Lipinski definition) is 0. The van der Waals surface area contributed by atoms with E-state index < -0.39 is 10.8 Å². The molecule has 0 unspecified atom stereocenters. The lowest BCUT2D eigenvalue weighted by Gasteiger charge is -2.63. The molecule has 0 aliphatic heterocycles. The fourth-order valence-corrected chi connectivity index (χ4v) is 8.58. The molecule has 0 saturated heterocycles. The largest absolute Gasteiger partial charge is 0.0644 e. The summed E-state index contributed by atoms with van der Waals surface area (Å²) in [5, 5.41) is 2.42. The molecule has 0 N–H and O–H groups in total. The molecule has 38 heavy (non-hydrogen) atoms. The Kier molecular flexibility index (Phi) is 5.65. The molecule has 2 heteroatoms. The molecule has 0 amide bonds. The van der Waals surface area contributed by atoms with Crippen LogP contribution < -0.4 is 0 Å². The average molecular weight is 616 g/mol. The highest BCUT2D eigenvalue weighted by molar-refractivity contribution is 9.11. The van der Waals surface area contributed by atoms with Crippen molar-refractivity contribution in [2.45, 2.75) is 10.8 Å². The van der Waals surface area contributed by atoms with Gasteiger partial charge in [-0.1, -0.05) is 146 Å². The fourth-order valence-electron chi connectivity index (χ4n) is 6.90. The molecule has 0 saturated carbocycles. The van der Waals surface area contributed by atoms with Gasteiger partial charge in [0, 0.05) is 8.95 Å². The minimum Gasteiger partial charge on any atom is -0.0622 e. The number of benzene rings is 6. The van der Waals surface area contributed by atoms with Gasteiger partial charge in [0.25, 0.3) is 0 Å². The van der Waals surface area contributed by atoms with Crippen molar-refractivity contribution in [3.8, 4) is 0 Å². The lowest BCUT2D eigenvalue weighted by atomic mass is 9.38. The van der Waals surface area contributed by atoms with Gasteiger partial charge in [0.05, 0.1) is 10.8 Å². The van der Waals surface area contributed by atoms with E-state index in [-0.39, 0.29) is 0 Å². The third kappa shape index (κ3) is 2.96. The van der Waals surface area contributed by atoms with Gasteiger partial charge in [-0.25, -0.2) is 0 Å². The third-order valence-corrected chi connectivity index (χ3v) is 9.88. The Morgan fingerprint density at radius 2 is 0.553 bits per heavy atom. The molecule has 0 bridgehead atoms. The minimum atomic E-state index is -0.487. The highest BCUT2D eigenvalue weighted by atomic mass is 79.9. The molecule has 0 spiro atoms. The van der Waals surface area contributed by atoms with Gasteiger partial charge < -0.3 is 0 Å². The van der Waals surface area contributed by atoms with Crippen LogP contribution in [0.2, 0.25) is 0 Å². The summed E-state index contributed by atoms with van der Waals surface area (Å²) < 4.78 is 2.31. The zero-order chi connectivity index (χ0) is 25.7. The summed E-state index contributed by atoms with van der Waals surface area (Å²) in [6, 6.07) is 52.9. The molecule has 7 rings (SSSR count). The van der Waals surface area contributed by atoms with Gasteiger partial charge in [0.15, 0.2) is 0 Å². The van der Waals surface area contributed by atoms with E-state index >= 15 is 0 Å². The summed E-state index contributed by atoms with van der Waals surface area (Å²) in [6.45, 7) is 0. The van der Waals surface area contributed by atoms with Crippen molar-refractivity contribution in [1.29, 1.82) is 0 Å². The molecule has 0 heterocycles. The van der Waals surface area contributed by atoms with Crippen molar-refractivity contribution in [1.82, 2.24) is 0 Å². The van der Waals surface area contributed by atoms with Gasteiger partial charge >= 0.3 is 0 Å². The Labute approximate surface area is 240 Å². The predicted octanol–water partition coefficient (Wildman–Crippen LogP) is 10.0. The molecule has 0 nitrogen and oxygen atoms in total. The first-order chi connectivity index (χ1) is 18.7. The first-order valence-corrected chi connectivity index (χ1v) is 14.4. The Morgan fingerprint density at radius 3 is 0.816 bits per heavy atom. The summed E-state index contributed by atoms with van der Waals surface area (Å²) in [6.07, 6.45) is 0. The lowest BCUT2D eigenvalue weighted by Crippen LogP contribution is -2.61. The van der Waals surface area contributed by atoms with Crippen LogP contribution >= 0.6 is 31.9 Å². The van der Waals surface area contributed by atoms with E-state index in [1.165, 1.54) is 44.2 Å². The van der Waals surface area contributed by atoms with E-state index in [1.54, 1.807) is 0 Å². The van der Waals surface area contributed by atoms with E-state index in [1.807, 2.05) is 0 Å². The normalized spacial score (nSPS) is 15.0. The van der Waals surface area contributed by atoms with Crippen LogP contribution in [0.1, 0.15) is 33.4 Å². The third-order valence-electron chi connectivity index (χ3n) is 8.23. The maximum atomic E-state index is 4.16. The van der Waals surface area contributed by atoms with Crippen LogP contribution in [0.4, 0.5) is 0 Å². The van der Waals surface area contributed by atoms with Crippen LogP contribution in [0.5, 0.6) is 0 Å². The highest BCUT2D eigenvalue weighted by Gasteiger charge is 2.68. The monoisotopic (exact) mass is 614 g/mol. The fraction of sp³-hybridized carbons (Fsp3) is 0.0556. The summed E-state index contributed by atoms with van der Waals surface area (Å²) in [5.41, 5.74) is 6.74. The first-order valence-electron chi connectivity index (χ1n) is 12.8. The molecule has 0 aromatic heterocycles. The summed E-state index contributed by atoms with van der Waals surface area (Å²) in [7, 11) is 0. The number of rotatable bonds is 4. The minimum absolute atomic E-state index is 0.487. The smallest absolute Gasteiger partial charge is 0.0622 e. The number of halogens is 2. The van der Waals surface area contributed by atoms with Gasteiger partial charge in [-0.15, -0.1) is 0 Å². The average Bonchev–Trinajstić information content (AvgIpc) is 2.98. The van der Waals surface area contributed by atoms with Crippen molar-refractivity contribution < 1.29 is 0 Å². The van der Waals surface area contributed by atoms with E-state index in [0.29, 0.717) is 0 Å². The van der Waals surface area contributed by atoms with E-state index in [2.05, 4.69) is 177 Å². The summed E-state index contributed by atoms with van der Waals surface area (Å²) >= 11 is 8.33. The number of fused-ring (bicyclic) bond motifs is 2. The second kappa shape index (κ2) is 9.08. The SMILES string of the molecule is Brc1c2c(c(Br)c3ccccc13)C(c1ccccc1)(c1ccccc1)C2(c1ccccc1)c1ccccc1. The Balaban J connectivity index is 1.80. The molecule has 0 fully saturated rings. The zero-order valence-corrected chi connectivity index (χ0v) is 23.8. The second-order valence-electron chi connectivity index (χ2n) is 9.89. The first kappa shape index (κ1) is 23.6. The van der Waals surface area contributed by atoms with Crippen LogP contribution in [-0.4, -0.2) is 0 Å². The predicted molar refractivity (Wildman–Crippen MR) is 165 cm³/mol. The van der Waals surface area contributed by atoms with E-state index in [4.69, 9.17) is 0 Å². The molecule has 6 aromatic rings. The van der Waals surface area contributed by atoms with Crippen LogP contribution in [-0.2, 0) is 10.8 Å². The van der Waals surface area contributed by atoms with Crippen LogP contribution in [0.15, 0.2) is 155 Å². The Bertz CT molecular complexity index is 1550. The van der Waals surface area contributed by atoms with Gasteiger partial charge in [-0.2, -0.15) is 0 Å². The zero-order valence-electron chi connectivity index (χ0n) is 20.6. The van der Waals surface area contributed by atoms with Crippen molar-refractivity contribution in [2.75, 3.05) is 0 Å². The molecule has 182 valence electrons. The van der Waals surface area contributed by atoms with Gasteiger partial charge in [0.2, 0.25) is 0 Å². The molecule has 0 radical (unpaired) electrons.